The molecule has 10 rings (SSSR count). The van der Waals surface area contributed by atoms with Gasteiger partial charge in [0.1, 0.15) is 0 Å². The van der Waals surface area contributed by atoms with Crippen molar-refractivity contribution in [2.24, 2.45) is 0 Å². The van der Waals surface area contributed by atoms with Crippen molar-refractivity contribution < 1.29 is 0 Å². The van der Waals surface area contributed by atoms with E-state index in [1.165, 1.54) is 54.7 Å². The van der Waals surface area contributed by atoms with Gasteiger partial charge < -0.3 is 0 Å². The maximum atomic E-state index is 5.52. The third kappa shape index (κ3) is 3.27. The molecule has 0 atom stereocenters. The summed E-state index contributed by atoms with van der Waals surface area (Å²) in [4.78, 5) is 10.9. The van der Waals surface area contributed by atoms with Crippen LogP contribution in [0.15, 0.2) is 140 Å². The second-order valence-electron chi connectivity index (χ2n) is 13.0. The standard InChI is InChI=1S/C43H29N3/c1-43(2)33-22-12-10-20-31(33)36-29-18-8-9-19-30(29)37-32-21-11-13-23-35(32)46(41(37)39(36)43)42-44-34-25-24-26-14-6-7-17-28(26)38(34)40(45-42)27-15-4-3-5-16-27/h3-25H,1-2H3. The highest BCUT2D eigenvalue weighted by molar-refractivity contribution is 6.27. The highest BCUT2D eigenvalue weighted by atomic mass is 15.2. The summed E-state index contributed by atoms with van der Waals surface area (Å²) in [5.41, 5.74) is 10.4. The first kappa shape index (κ1) is 25.5. The number of benzene rings is 7. The van der Waals surface area contributed by atoms with Crippen molar-refractivity contribution in [3.05, 3.63) is 151 Å². The van der Waals surface area contributed by atoms with E-state index in [1.807, 2.05) is 0 Å². The molecule has 2 heterocycles. The van der Waals surface area contributed by atoms with Crippen LogP contribution >= 0.6 is 0 Å². The van der Waals surface area contributed by atoms with Gasteiger partial charge >= 0.3 is 0 Å². The van der Waals surface area contributed by atoms with Crippen LogP contribution in [-0.4, -0.2) is 14.5 Å². The van der Waals surface area contributed by atoms with Crippen molar-refractivity contribution in [3.63, 3.8) is 0 Å². The lowest BCUT2D eigenvalue weighted by atomic mass is 9.80. The van der Waals surface area contributed by atoms with E-state index in [0.29, 0.717) is 5.95 Å². The predicted octanol–water partition coefficient (Wildman–Crippen LogP) is 11.0. The van der Waals surface area contributed by atoms with Crippen LogP contribution in [0.2, 0.25) is 0 Å². The zero-order valence-corrected chi connectivity index (χ0v) is 25.6. The Hall–Kier alpha value is -5.80. The molecule has 46 heavy (non-hydrogen) atoms. The van der Waals surface area contributed by atoms with Gasteiger partial charge in [0.05, 0.1) is 22.2 Å². The summed E-state index contributed by atoms with van der Waals surface area (Å²) in [5, 5.41) is 8.45. The topological polar surface area (TPSA) is 30.7 Å². The first-order valence-electron chi connectivity index (χ1n) is 15.9. The van der Waals surface area contributed by atoms with Crippen molar-refractivity contribution in [2.75, 3.05) is 0 Å². The molecule has 0 spiro atoms. The van der Waals surface area contributed by atoms with Gasteiger partial charge in [-0.05, 0) is 55.9 Å². The molecular weight excluding hydrogens is 558 g/mol. The SMILES string of the molecule is CC1(C)c2ccccc2-c2c1c1c(c3ccccc23)c2ccccc2n1-c1nc(-c2ccccc2)c2c(ccc3ccccc32)n1. The monoisotopic (exact) mass is 587 g/mol. The molecule has 0 aliphatic heterocycles. The van der Waals surface area contributed by atoms with Crippen molar-refractivity contribution in [1.29, 1.82) is 0 Å². The largest absolute Gasteiger partial charge is 0.278 e. The summed E-state index contributed by atoms with van der Waals surface area (Å²) < 4.78 is 2.35. The Bertz CT molecular complexity index is 2720. The third-order valence-corrected chi connectivity index (χ3v) is 10.1. The van der Waals surface area contributed by atoms with Crippen LogP contribution in [0.4, 0.5) is 0 Å². The van der Waals surface area contributed by atoms with Gasteiger partial charge in [-0.3, -0.25) is 4.57 Å². The lowest BCUT2D eigenvalue weighted by Gasteiger charge is -2.24. The molecule has 2 aromatic heterocycles. The third-order valence-electron chi connectivity index (χ3n) is 10.1. The molecular formula is C43H29N3. The molecule has 0 fully saturated rings. The predicted molar refractivity (Wildman–Crippen MR) is 192 cm³/mol. The molecule has 1 aliphatic carbocycles. The number of hydrogen-bond donors (Lipinski definition) is 0. The highest BCUT2D eigenvalue weighted by Gasteiger charge is 2.40. The first-order chi connectivity index (χ1) is 22.6. The van der Waals surface area contributed by atoms with E-state index in [9.17, 15) is 0 Å². The zero-order chi connectivity index (χ0) is 30.6. The Morgan fingerprint density at radius 3 is 2.07 bits per heavy atom. The van der Waals surface area contributed by atoms with Gasteiger partial charge in [0.15, 0.2) is 0 Å². The van der Waals surface area contributed by atoms with Gasteiger partial charge in [-0.1, -0.05) is 141 Å². The average molecular weight is 588 g/mol. The molecule has 3 nitrogen and oxygen atoms in total. The Morgan fingerprint density at radius 2 is 1.22 bits per heavy atom. The summed E-state index contributed by atoms with van der Waals surface area (Å²) >= 11 is 0. The minimum Gasteiger partial charge on any atom is -0.278 e. The average Bonchev–Trinajstić information content (AvgIpc) is 3.57. The minimum absolute atomic E-state index is 0.227. The zero-order valence-electron chi connectivity index (χ0n) is 25.6. The normalized spacial score (nSPS) is 13.6. The van der Waals surface area contributed by atoms with Crippen LogP contribution in [0.1, 0.15) is 25.0 Å². The van der Waals surface area contributed by atoms with Gasteiger partial charge in [0.2, 0.25) is 5.95 Å². The van der Waals surface area contributed by atoms with Crippen LogP contribution in [0.5, 0.6) is 0 Å². The Morgan fingerprint density at radius 1 is 0.543 bits per heavy atom. The molecule has 0 saturated carbocycles. The molecule has 0 unspecified atom stereocenters. The van der Waals surface area contributed by atoms with E-state index < -0.39 is 0 Å². The number of hydrogen-bond acceptors (Lipinski definition) is 2. The second kappa shape index (κ2) is 9.12. The van der Waals surface area contributed by atoms with Crippen molar-refractivity contribution in [3.8, 4) is 28.3 Å². The molecule has 3 heteroatoms. The van der Waals surface area contributed by atoms with E-state index in [0.717, 1.165) is 33.1 Å². The summed E-state index contributed by atoms with van der Waals surface area (Å²) in [6, 6.07) is 50.0. The fraction of sp³-hybridized carbons (Fsp3) is 0.0698. The summed E-state index contributed by atoms with van der Waals surface area (Å²) in [6.07, 6.45) is 0. The Labute approximate surface area is 266 Å². The number of fused-ring (bicyclic) bond motifs is 13. The Kier molecular flexibility index (Phi) is 5.06. The summed E-state index contributed by atoms with van der Waals surface area (Å²) in [7, 11) is 0. The van der Waals surface area contributed by atoms with Crippen molar-refractivity contribution in [2.45, 2.75) is 19.3 Å². The van der Waals surface area contributed by atoms with E-state index in [4.69, 9.17) is 9.97 Å². The van der Waals surface area contributed by atoms with Gasteiger partial charge in [-0.25, -0.2) is 9.97 Å². The van der Waals surface area contributed by atoms with Gasteiger partial charge in [0, 0.05) is 27.1 Å². The second-order valence-corrected chi connectivity index (χ2v) is 13.0. The van der Waals surface area contributed by atoms with Gasteiger partial charge in [-0.2, -0.15) is 0 Å². The quantitative estimate of drug-likeness (QED) is 0.188. The highest BCUT2D eigenvalue weighted by Crippen LogP contribution is 2.56. The number of nitrogens with zero attached hydrogens (tertiary/aromatic N) is 3. The molecule has 9 aromatic rings. The molecule has 1 aliphatic rings. The van der Waals surface area contributed by atoms with Crippen molar-refractivity contribution in [1.82, 2.24) is 14.5 Å². The molecule has 7 aromatic carbocycles. The lowest BCUT2D eigenvalue weighted by Crippen LogP contribution is -2.17. The van der Waals surface area contributed by atoms with Crippen LogP contribution in [0, 0.1) is 0 Å². The van der Waals surface area contributed by atoms with Crippen molar-refractivity contribution >= 4 is 54.3 Å². The van der Waals surface area contributed by atoms with E-state index in [2.05, 4.69) is 158 Å². The number of rotatable bonds is 2. The number of aromatic nitrogens is 3. The molecule has 0 amide bonds. The Balaban J connectivity index is 1.44. The van der Waals surface area contributed by atoms with Crippen LogP contribution in [0.25, 0.3) is 82.6 Å². The molecule has 0 radical (unpaired) electrons. The molecule has 216 valence electrons. The minimum atomic E-state index is -0.227. The maximum Gasteiger partial charge on any atom is 0.235 e. The smallest absolute Gasteiger partial charge is 0.235 e. The maximum absolute atomic E-state index is 5.52. The molecule has 0 bridgehead atoms. The summed E-state index contributed by atoms with van der Waals surface area (Å²) in [6.45, 7) is 4.74. The molecule has 0 saturated heterocycles. The van der Waals surface area contributed by atoms with Gasteiger partial charge in [-0.15, -0.1) is 0 Å². The number of para-hydroxylation sites is 1. The summed E-state index contributed by atoms with van der Waals surface area (Å²) in [5.74, 6) is 0.692. The van der Waals surface area contributed by atoms with Gasteiger partial charge in [0.25, 0.3) is 0 Å². The van der Waals surface area contributed by atoms with Crippen LogP contribution < -0.4 is 0 Å². The fourth-order valence-electron chi connectivity index (χ4n) is 8.19. The first-order valence-corrected chi connectivity index (χ1v) is 15.9. The van der Waals surface area contributed by atoms with E-state index in [-0.39, 0.29) is 5.41 Å². The van der Waals surface area contributed by atoms with Crippen LogP contribution in [0.3, 0.4) is 0 Å². The van der Waals surface area contributed by atoms with Crippen LogP contribution in [-0.2, 0) is 5.41 Å². The lowest BCUT2D eigenvalue weighted by molar-refractivity contribution is 0.664. The van der Waals surface area contributed by atoms with E-state index >= 15 is 0 Å². The molecule has 0 N–H and O–H groups in total. The van der Waals surface area contributed by atoms with E-state index in [1.54, 1.807) is 0 Å². The fourth-order valence-corrected chi connectivity index (χ4v) is 8.19.